The van der Waals surface area contributed by atoms with Gasteiger partial charge in [0, 0.05) is 23.4 Å². The average molecular weight is 390 g/mol. The van der Waals surface area contributed by atoms with Crippen LogP contribution in [0.15, 0.2) is 52.9 Å². The third-order valence-corrected chi connectivity index (χ3v) is 3.90. The van der Waals surface area contributed by atoms with E-state index in [4.69, 9.17) is 4.42 Å². The number of alkyl halides is 2. The highest BCUT2D eigenvalue weighted by Crippen LogP contribution is 2.26. The van der Waals surface area contributed by atoms with Crippen LogP contribution in [0, 0.1) is 5.82 Å². The maximum absolute atomic E-state index is 14.6. The molecule has 0 saturated carbocycles. The first-order chi connectivity index (χ1) is 13.5. The number of benzene rings is 2. The number of hydrogen-bond acceptors (Lipinski definition) is 4. The number of rotatable bonds is 6. The standard InChI is InChI=1S/C19H17F3N4O2/c1-2-23-19(27)26(14-6-4-3-5-7-14)11-13-9-8-12(10-15(13)20)17-24-25-18(28-17)16(21)22/h3-10,16H,2,11H2,1H3,(H,23,27). The van der Waals surface area contributed by atoms with Gasteiger partial charge in [-0.2, -0.15) is 8.78 Å². The lowest BCUT2D eigenvalue weighted by molar-refractivity contribution is 0.116. The number of para-hydroxylation sites is 1. The Morgan fingerprint density at radius 1 is 1.18 bits per heavy atom. The molecular weight excluding hydrogens is 373 g/mol. The van der Waals surface area contributed by atoms with Crippen molar-refractivity contribution in [3.8, 4) is 11.5 Å². The molecule has 0 atom stereocenters. The van der Waals surface area contributed by atoms with E-state index >= 15 is 0 Å². The molecule has 0 aliphatic carbocycles. The molecule has 9 heteroatoms. The zero-order valence-corrected chi connectivity index (χ0v) is 14.9. The first-order valence-corrected chi connectivity index (χ1v) is 8.50. The molecular formula is C19H17F3N4O2. The molecule has 0 fully saturated rings. The predicted molar refractivity (Wildman–Crippen MR) is 96.3 cm³/mol. The zero-order chi connectivity index (χ0) is 20.1. The molecule has 3 rings (SSSR count). The summed E-state index contributed by atoms with van der Waals surface area (Å²) in [6.07, 6.45) is -2.90. The quantitative estimate of drug-likeness (QED) is 0.670. The Hall–Kier alpha value is -3.36. The maximum atomic E-state index is 14.6. The van der Waals surface area contributed by atoms with Gasteiger partial charge in [0.2, 0.25) is 5.89 Å². The smallest absolute Gasteiger partial charge is 0.322 e. The summed E-state index contributed by atoms with van der Waals surface area (Å²) >= 11 is 0. The normalized spacial score (nSPS) is 10.9. The van der Waals surface area contributed by atoms with Crippen molar-refractivity contribution in [3.63, 3.8) is 0 Å². The Labute approximate surface area is 159 Å². The molecule has 6 nitrogen and oxygen atoms in total. The lowest BCUT2D eigenvalue weighted by atomic mass is 10.1. The van der Waals surface area contributed by atoms with E-state index in [0.717, 1.165) is 6.07 Å². The molecule has 1 N–H and O–H groups in total. The van der Waals surface area contributed by atoms with Crippen LogP contribution in [0.1, 0.15) is 24.8 Å². The molecule has 0 aliphatic rings. The highest BCUT2D eigenvalue weighted by atomic mass is 19.3. The molecule has 0 unspecified atom stereocenters. The van der Waals surface area contributed by atoms with Gasteiger partial charge in [0.25, 0.3) is 5.89 Å². The lowest BCUT2D eigenvalue weighted by Crippen LogP contribution is -2.39. The van der Waals surface area contributed by atoms with E-state index in [2.05, 4.69) is 15.5 Å². The molecule has 0 aliphatic heterocycles. The van der Waals surface area contributed by atoms with E-state index in [1.165, 1.54) is 17.0 Å². The molecule has 0 bridgehead atoms. The number of aromatic nitrogens is 2. The molecule has 0 radical (unpaired) electrons. The van der Waals surface area contributed by atoms with Gasteiger partial charge in [0.15, 0.2) is 0 Å². The molecule has 2 aromatic carbocycles. The summed E-state index contributed by atoms with van der Waals surface area (Å²) in [5, 5.41) is 9.42. The van der Waals surface area contributed by atoms with Crippen LogP contribution in [-0.4, -0.2) is 22.8 Å². The molecule has 28 heavy (non-hydrogen) atoms. The largest absolute Gasteiger partial charge is 0.415 e. The fourth-order valence-corrected chi connectivity index (χ4v) is 2.55. The fraction of sp³-hybridized carbons (Fsp3) is 0.211. The molecule has 146 valence electrons. The second-order valence-electron chi connectivity index (χ2n) is 5.81. The van der Waals surface area contributed by atoms with Crippen molar-refractivity contribution in [1.82, 2.24) is 15.5 Å². The molecule has 1 heterocycles. The van der Waals surface area contributed by atoms with E-state index in [9.17, 15) is 18.0 Å². The Balaban J connectivity index is 1.86. The number of anilines is 1. The second-order valence-corrected chi connectivity index (χ2v) is 5.81. The number of nitrogens with one attached hydrogen (secondary N) is 1. The molecule has 0 saturated heterocycles. The Bertz CT molecular complexity index is 947. The van der Waals surface area contributed by atoms with Gasteiger partial charge in [0.1, 0.15) is 5.82 Å². The average Bonchev–Trinajstić information content (AvgIpc) is 3.18. The maximum Gasteiger partial charge on any atom is 0.322 e. The number of nitrogens with zero attached hydrogens (tertiary/aromatic N) is 3. The summed E-state index contributed by atoms with van der Waals surface area (Å²) in [4.78, 5) is 13.8. The van der Waals surface area contributed by atoms with Crippen molar-refractivity contribution in [1.29, 1.82) is 0 Å². The van der Waals surface area contributed by atoms with Crippen LogP contribution in [0.25, 0.3) is 11.5 Å². The summed E-state index contributed by atoms with van der Waals surface area (Å²) in [6, 6.07) is 12.5. The van der Waals surface area contributed by atoms with Gasteiger partial charge in [0.05, 0.1) is 6.54 Å². The highest BCUT2D eigenvalue weighted by molar-refractivity contribution is 5.91. The van der Waals surface area contributed by atoms with E-state index in [1.54, 1.807) is 31.2 Å². The number of hydrogen-bond donors (Lipinski definition) is 1. The monoisotopic (exact) mass is 390 g/mol. The molecule has 0 spiro atoms. The third-order valence-electron chi connectivity index (χ3n) is 3.90. The second kappa shape index (κ2) is 8.55. The summed E-state index contributed by atoms with van der Waals surface area (Å²) in [6.45, 7) is 2.19. The predicted octanol–water partition coefficient (Wildman–Crippen LogP) is 4.55. The number of amides is 2. The van der Waals surface area contributed by atoms with Gasteiger partial charge in [-0.15, -0.1) is 10.2 Å². The van der Waals surface area contributed by atoms with Crippen LogP contribution >= 0.6 is 0 Å². The van der Waals surface area contributed by atoms with Gasteiger partial charge in [-0.1, -0.05) is 24.3 Å². The van der Waals surface area contributed by atoms with Crippen molar-refractivity contribution in [2.45, 2.75) is 19.9 Å². The van der Waals surface area contributed by atoms with Gasteiger partial charge in [-0.25, -0.2) is 9.18 Å². The summed E-state index contributed by atoms with van der Waals surface area (Å²) in [5.74, 6) is -1.66. The van der Waals surface area contributed by atoms with E-state index in [1.807, 2.05) is 6.07 Å². The van der Waals surface area contributed by atoms with Gasteiger partial charge in [-0.3, -0.25) is 4.90 Å². The number of halogens is 3. The topological polar surface area (TPSA) is 71.3 Å². The first-order valence-electron chi connectivity index (χ1n) is 8.50. The highest BCUT2D eigenvalue weighted by Gasteiger charge is 2.20. The van der Waals surface area contributed by atoms with Crippen molar-refractivity contribution in [3.05, 3.63) is 65.8 Å². The summed E-state index contributed by atoms with van der Waals surface area (Å²) in [7, 11) is 0. The SMILES string of the molecule is CCNC(=O)N(Cc1ccc(-c2nnc(C(F)F)o2)cc1F)c1ccccc1. The lowest BCUT2D eigenvalue weighted by Gasteiger charge is -2.23. The molecule has 1 aromatic heterocycles. The van der Waals surface area contributed by atoms with Crippen LogP contribution in [0.2, 0.25) is 0 Å². The van der Waals surface area contributed by atoms with Gasteiger partial charge >= 0.3 is 12.5 Å². The third kappa shape index (κ3) is 4.30. The van der Waals surface area contributed by atoms with Crippen molar-refractivity contribution < 1.29 is 22.4 Å². The van der Waals surface area contributed by atoms with Crippen molar-refractivity contribution in [2.24, 2.45) is 0 Å². The van der Waals surface area contributed by atoms with Gasteiger partial charge in [-0.05, 0) is 31.2 Å². The van der Waals surface area contributed by atoms with E-state index in [0.29, 0.717) is 12.2 Å². The molecule has 2 amide bonds. The number of carbonyl (C=O) groups is 1. The van der Waals surface area contributed by atoms with Crippen molar-refractivity contribution >= 4 is 11.7 Å². The van der Waals surface area contributed by atoms with Gasteiger partial charge < -0.3 is 9.73 Å². The van der Waals surface area contributed by atoms with Crippen LogP contribution in [0.4, 0.5) is 23.7 Å². The zero-order valence-electron chi connectivity index (χ0n) is 14.9. The van der Waals surface area contributed by atoms with Crippen molar-refractivity contribution in [2.75, 3.05) is 11.4 Å². The summed E-state index contributed by atoms with van der Waals surface area (Å²) in [5.41, 5.74) is 1.02. The minimum absolute atomic E-state index is 0.0198. The Morgan fingerprint density at radius 3 is 2.54 bits per heavy atom. The Morgan fingerprint density at radius 2 is 1.93 bits per heavy atom. The number of carbonyl (C=O) groups excluding carboxylic acids is 1. The molecule has 3 aromatic rings. The van der Waals surface area contributed by atoms with Crippen LogP contribution in [-0.2, 0) is 6.54 Å². The van der Waals surface area contributed by atoms with Crippen LogP contribution < -0.4 is 10.2 Å². The van der Waals surface area contributed by atoms with E-state index in [-0.39, 0.29) is 29.6 Å². The van der Waals surface area contributed by atoms with Crippen LogP contribution in [0.3, 0.4) is 0 Å². The minimum atomic E-state index is -2.90. The summed E-state index contributed by atoms with van der Waals surface area (Å²) < 4.78 is 44.6. The number of urea groups is 1. The first kappa shape index (κ1) is 19.4. The van der Waals surface area contributed by atoms with E-state index < -0.39 is 18.1 Å². The van der Waals surface area contributed by atoms with Crippen LogP contribution in [0.5, 0.6) is 0 Å². The fourth-order valence-electron chi connectivity index (χ4n) is 2.55. The Kier molecular flexibility index (Phi) is 5.93. The minimum Gasteiger partial charge on any atom is -0.415 e.